The summed E-state index contributed by atoms with van der Waals surface area (Å²) in [6.45, 7) is 2.28. The Bertz CT molecular complexity index is 1100. The Morgan fingerprint density at radius 1 is 1.27 bits per heavy atom. The third-order valence-electron chi connectivity index (χ3n) is 4.26. The van der Waals surface area contributed by atoms with E-state index in [0.717, 1.165) is 5.56 Å². The van der Waals surface area contributed by atoms with Crippen molar-refractivity contribution in [2.75, 3.05) is 24.0 Å². The van der Waals surface area contributed by atoms with Crippen molar-refractivity contribution in [1.29, 1.82) is 0 Å². The van der Waals surface area contributed by atoms with Crippen molar-refractivity contribution in [1.82, 2.24) is 19.5 Å². The molecule has 1 atom stereocenters. The molecular formula is C17H23N6O6P. The summed E-state index contributed by atoms with van der Waals surface area (Å²) in [7, 11) is -2.49. The number of rotatable bonds is 8. The van der Waals surface area contributed by atoms with Crippen LogP contribution in [-0.2, 0) is 22.4 Å². The lowest BCUT2D eigenvalue weighted by atomic mass is 10.2. The van der Waals surface area contributed by atoms with Crippen LogP contribution in [0.3, 0.4) is 0 Å². The molecular weight excluding hydrogens is 415 g/mol. The fourth-order valence-electron chi connectivity index (χ4n) is 2.92. The molecule has 30 heavy (non-hydrogen) atoms. The molecule has 162 valence electrons. The van der Waals surface area contributed by atoms with E-state index in [2.05, 4.69) is 15.0 Å². The maximum absolute atomic E-state index is 11.0. The first-order valence-electron chi connectivity index (χ1n) is 8.90. The molecule has 0 saturated carbocycles. The fraction of sp³-hybridized carbons (Fsp3) is 0.353. The number of phenolic OH excluding ortho intramolecular Hbond substituents is 2. The monoisotopic (exact) mass is 438 g/mol. The highest BCUT2D eigenvalue weighted by molar-refractivity contribution is 7.51. The first-order valence-corrected chi connectivity index (χ1v) is 10.7. The first kappa shape index (κ1) is 21.8. The third kappa shape index (κ3) is 5.16. The molecule has 0 saturated heterocycles. The lowest BCUT2D eigenvalue weighted by Gasteiger charge is -2.19. The Morgan fingerprint density at radius 3 is 2.67 bits per heavy atom. The standard InChI is InChI=1S/C17H23N6O6P/c1-10(29-9-30(26,27)28)6-23-8-19-14-15(20-17(18)21-16(14)23)22(2)7-11-3-4-12(24)13(25)5-11/h3-5,8,10,24-25H,6-7,9H2,1-2H3,(H2,18,20,21)(H2,26,27,28). The maximum Gasteiger partial charge on any atom is 0.350 e. The van der Waals surface area contributed by atoms with Crippen LogP contribution in [0.15, 0.2) is 24.5 Å². The van der Waals surface area contributed by atoms with Crippen LogP contribution in [0.4, 0.5) is 11.8 Å². The number of benzene rings is 1. The van der Waals surface area contributed by atoms with Gasteiger partial charge in [-0.25, -0.2) is 4.98 Å². The average molecular weight is 438 g/mol. The molecule has 0 amide bonds. The summed E-state index contributed by atoms with van der Waals surface area (Å²) in [6, 6.07) is 4.52. The van der Waals surface area contributed by atoms with Gasteiger partial charge < -0.3 is 39.9 Å². The van der Waals surface area contributed by atoms with Crippen molar-refractivity contribution in [2.24, 2.45) is 0 Å². The summed E-state index contributed by atoms with van der Waals surface area (Å²) in [5.74, 6) is 0.0711. The summed E-state index contributed by atoms with van der Waals surface area (Å²) in [6.07, 6.45) is 0.345. The van der Waals surface area contributed by atoms with Gasteiger partial charge in [-0.1, -0.05) is 6.07 Å². The van der Waals surface area contributed by atoms with E-state index >= 15 is 0 Å². The lowest BCUT2D eigenvalue weighted by Crippen LogP contribution is -2.20. The number of hydrogen-bond donors (Lipinski definition) is 5. The van der Waals surface area contributed by atoms with Gasteiger partial charge in [0.2, 0.25) is 5.95 Å². The molecule has 0 spiro atoms. The highest BCUT2D eigenvalue weighted by Crippen LogP contribution is 2.34. The number of fused-ring (bicyclic) bond motifs is 1. The molecule has 3 rings (SSSR count). The number of imidazole rings is 1. The summed E-state index contributed by atoms with van der Waals surface area (Å²) < 4.78 is 17.8. The van der Waals surface area contributed by atoms with Gasteiger partial charge in [-0.2, -0.15) is 9.97 Å². The minimum atomic E-state index is -4.26. The molecule has 3 aromatic rings. The van der Waals surface area contributed by atoms with Gasteiger partial charge in [0.15, 0.2) is 28.5 Å². The predicted molar refractivity (Wildman–Crippen MR) is 109 cm³/mol. The molecule has 0 bridgehead atoms. The Labute approximate surface area is 171 Å². The molecule has 12 nitrogen and oxygen atoms in total. The number of aromatic hydroxyl groups is 2. The predicted octanol–water partition coefficient (Wildman–Crippen LogP) is 0.996. The van der Waals surface area contributed by atoms with E-state index in [1.807, 2.05) is 0 Å². The van der Waals surface area contributed by atoms with Gasteiger partial charge in [0.1, 0.15) is 6.35 Å². The second-order valence-electron chi connectivity index (χ2n) is 6.92. The van der Waals surface area contributed by atoms with Gasteiger partial charge in [0.25, 0.3) is 0 Å². The molecule has 0 radical (unpaired) electrons. The Morgan fingerprint density at radius 2 is 2.00 bits per heavy atom. The van der Waals surface area contributed by atoms with Crippen LogP contribution in [0.25, 0.3) is 11.2 Å². The highest BCUT2D eigenvalue weighted by Gasteiger charge is 2.19. The van der Waals surface area contributed by atoms with E-state index in [0.29, 0.717) is 23.5 Å². The average Bonchev–Trinajstić information content (AvgIpc) is 3.04. The van der Waals surface area contributed by atoms with Gasteiger partial charge in [0.05, 0.1) is 19.0 Å². The Hall–Kier alpha value is -2.92. The van der Waals surface area contributed by atoms with E-state index in [1.54, 1.807) is 29.5 Å². The second kappa shape index (κ2) is 8.44. The first-order chi connectivity index (χ1) is 14.0. The van der Waals surface area contributed by atoms with E-state index < -0.39 is 20.0 Å². The molecule has 0 aliphatic heterocycles. The van der Waals surface area contributed by atoms with E-state index in [1.165, 1.54) is 18.5 Å². The maximum atomic E-state index is 11.0. The quantitative estimate of drug-likeness (QED) is 0.250. The van der Waals surface area contributed by atoms with Crippen molar-refractivity contribution in [3.63, 3.8) is 0 Å². The number of nitrogens with two attached hydrogens (primary N) is 1. The van der Waals surface area contributed by atoms with Gasteiger partial charge in [-0.15, -0.1) is 0 Å². The van der Waals surface area contributed by atoms with Crippen molar-refractivity contribution in [2.45, 2.75) is 26.1 Å². The zero-order valence-corrected chi connectivity index (χ0v) is 17.3. The molecule has 2 aromatic heterocycles. The zero-order chi connectivity index (χ0) is 22.1. The molecule has 1 unspecified atom stereocenters. The normalized spacial score (nSPS) is 12.9. The molecule has 6 N–H and O–H groups in total. The molecule has 1 aromatic carbocycles. The van der Waals surface area contributed by atoms with Crippen LogP contribution >= 0.6 is 7.60 Å². The number of phenols is 2. The van der Waals surface area contributed by atoms with Crippen molar-refractivity contribution >= 4 is 30.5 Å². The number of hydrogen-bond acceptors (Lipinski definition) is 9. The van der Waals surface area contributed by atoms with Crippen LogP contribution in [-0.4, -0.2) is 59.0 Å². The van der Waals surface area contributed by atoms with Crippen LogP contribution < -0.4 is 10.6 Å². The number of aromatic nitrogens is 4. The third-order valence-corrected chi connectivity index (χ3v) is 4.75. The lowest BCUT2D eigenvalue weighted by molar-refractivity contribution is 0.0764. The van der Waals surface area contributed by atoms with Crippen LogP contribution in [0.1, 0.15) is 12.5 Å². The van der Waals surface area contributed by atoms with Gasteiger partial charge >= 0.3 is 7.60 Å². The van der Waals surface area contributed by atoms with Crippen molar-refractivity contribution in [3.05, 3.63) is 30.1 Å². The van der Waals surface area contributed by atoms with E-state index in [-0.39, 0.29) is 24.0 Å². The topological polar surface area (TPSA) is 180 Å². The SMILES string of the molecule is CC(Cn1cnc2c(N(C)Cc3ccc(O)c(O)c3)nc(N)nc21)OCP(=O)(O)O. The van der Waals surface area contributed by atoms with E-state index in [4.69, 9.17) is 20.3 Å². The molecule has 13 heteroatoms. The van der Waals surface area contributed by atoms with Crippen LogP contribution in [0, 0.1) is 0 Å². The Kier molecular flexibility index (Phi) is 6.13. The number of nitrogens with zero attached hydrogens (tertiary/aromatic N) is 5. The van der Waals surface area contributed by atoms with Crippen LogP contribution in [0.5, 0.6) is 11.5 Å². The largest absolute Gasteiger partial charge is 0.504 e. The van der Waals surface area contributed by atoms with Crippen LogP contribution in [0.2, 0.25) is 0 Å². The number of anilines is 2. The summed E-state index contributed by atoms with van der Waals surface area (Å²) >= 11 is 0. The number of nitrogen functional groups attached to an aromatic ring is 1. The molecule has 0 fully saturated rings. The molecule has 0 aliphatic rings. The number of ether oxygens (including phenoxy) is 1. The summed E-state index contributed by atoms with van der Waals surface area (Å²) in [5, 5.41) is 19.2. The second-order valence-corrected chi connectivity index (χ2v) is 8.51. The summed E-state index contributed by atoms with van der Waals surface area (Å²) in [4.78, 5) is 32.5. The molecule has 2 heterocycles. The molecule has 0 aliphatic carbocycles. The van der Waals surface area contributed by atoms with Crippen molar-refractivity contribution in [3.8, 4) is 11.5 Å². The zero-order valence-electron chi connectivity index (χ0n) is 16.4. The smallest absolute Gasteiger partial charge is 0.350 e. The van der Waals surface area contributed by atoms with Gasteiger partial charge in [-0.3, -0.25) is 4.57 Å². The van der Waals surface area contributed by atoms with Gasteiger partial charge in [-0.05, 0) is 24.6 Å². The highest BCUT2D eigenvalue weighted by atomic mass is 31.2. The van der Waals surface area contributed by atoms with Gasteiger partial charge in [0, 0.05) is 13.6 Å². The Balaban J connectivity index is 1.84. The van der Waals surface area contributed by atoms with E-state index in [9.17, 15) is 14.8 Å². The van der Waals surface area contributed by atoms with Crippen molar-refractivity contribution < 1.29 is 29.3 Å². The fourth-order valence-corrected chi connectivity index (χ4v) is 3.36. The minimum Gasteiger partial charge on any atom is -0.504 e. The summed E-state index contributed by atoms with van der Waals surface area (Å²) in [5.41, 5.74) is 7.54. The minimum absolute atomic E-state index is 0.0310.